The Morgan fingerprint density at radius 2 is 1.25 bits per heavy atom. The average molecular weight is 213 g/mol. The van der Waals surface area contributed by atoms with Crippen LogP contribution in [0.4, 0.5) is 0 Å². The molecule has 4 heavy (non-hydrogen) atoms. The first-order valence-electron chi connectivity index (χ1n) is 1.00. The van der Waals surface area contributed by atoms with Crippen LogP contribution in [-0.2, 0) is 0 Å². The molecule has 0 atom stereocenters. The topological polar surface area (TPSA) is 0 Å². The molecular weight excluding hydrogens is 203 g/mol. The normalized spacial score (nSPS) is 2.00. The minimum absolute atomic E-state index is 0. The Morgan fingerprint density at radius 3 is 1.25 bits per heavy atom. The van der Waals surface area contributed by atoms with Gasteiger partial charge in [0.2, 0.25) is 0 Å². The van der Waals surface area contributed by atoms with Gasteiger partial charge in [-0.2, -0.15) is 0 Å². The Morgan fingerprint density at radius 1 is 1.25 bits per heavy atom. The van der Waals surface area contributed by atoms with Crippen molar-refractivity contribution in [3.63, 3.8) is 0 Å². The van der Waals surface area contributed by atoms with Crippen molar-refractivity contribution in [1.29, 1.82) is 0 Å². The Labute approximate surface area is 82.1 Å². The Hall–Kier alpha value is 2.39. The van der Waals surface area contributed by atoms with Gasteiger partial charge in [-0.25, -0.2) is 0 Å². The van der Waals surface area contributed by atoms with Gasteiger partial charge >= 0.3 is 48.9 Å². The van der Waals surface area contributed by atoms with Gasteiger partial charge in [-0.05, 0) is 10.1 Å². The van der Waals surface area contributed by atoms with E-state index in [1.54, 1.807) is 0 Å². The van der Waals surface area contributed by atoms with E-state index in [2.05, 4.69) is 7.44 Å². The molecule has 0 aliphatic carbocycles. The molecule has 0 nitrogen and oxygen atoms in total. The summed E-state index contributed by atoms with van der Waals surface area (Å²) in [6.45, 7) is 0. The summed E-state index contributed by atoms with van der Waals surface area (Å²) in [7, 11) is 3.44. The zero-order chi connectivity index (χ0) is 2.00. The van der Waals surface area contributed by atoms with Crippen LogP contribution in [0.5, 0.6) is 0 Å². The van der Waals surface area contributed by atoms with E-state index >= 15 is 0 Å². The van der Waals surface area contributed by atoms with Gasteiger partial charge in [0, 0.05) is 0 Å². The Kier molecular flexibility index (Phi) is 73.5. The maximum atomic E-state index is 2.14. The van der Waals surface area contributed by atoms with Gasteiger partial charge in [0.1, 0.15) is 0 Å². The van der Waals surface area contributed by atoms with Crippen molar-refractivity contribution >= 4 is 83.8 Å². The van der Waals surface area contributed by atoms with Gasteiger partial charge in [0.15, 0.2) is 17.4 Å². The first kappa shape index (κ1) is 16.2. The van der Waals surface area contributed by atoms with Gasteiger partial charge in [0.05, 0.1) is 7.44 Å². The van der Waals surface area contributed by atoms with Crippen LogP contribution < -0.4 is 0 Å². The van der Waals surface area contributed by atoms with Crippen LogP contribution in [0.3, 0.4) is 0 Å². The third-order valence-electron chi connectivity index (χ3n) is 0. The second-order valence-corrected chi connectivity index (χ2v) is 0. The maximum absolute atomic E-state index is 2.14. The van der Waals surface area contributed by atoms with Crippen LogP contribution in [-0.4, -0.2) is 83.8 Å². The number of hydrogen-bond acceptors (Lipinski definition) is 0. The van der Waals surface area contributed by atoms with Crippen molar-refractivity contribution in [2.75, 3.05) is 0 Å². The molecule has 0 N–H and O–H groups in total. The molecule has 0 aromatic carbocycles. The minimum atomic E-state index is 0. The summed E-state index contributed by atoms with van der Waals surface area (Å²) < 4.78 is 0. The fourth-order valence-electron chi connectivity index (χ4n) is 0. The quantitative estimate of drug-likeness (QED) is 0.358. The standard InChI is InChI=1S/Al.BH5Si.Ba.5H/c;1-2;;;;;;/h;1H2,2H3;;;;;;. The van der Waals surface area contributed by atoms with Gasteiger partial charge in [-0.3, -0.25) is 0 Å². The van der Waals surface area contributed by atoms with Crippen LogP contribution in [0.1, 0.15) is 0 Å². The van der Waals surface area contributed by atoms with E-state index in [4.69, 9.17) is 0 Å². The molecule has 0 heterocycles. The molecule has 22 valence electrons. The van der Waals surface area contributed by atoms with Crippen molar-refractivity contribution in [2.45, 2.75) is 0 Å². The molecular formula is H10AlBBaSi. The second-order valence-electron chi connectivity index (χ2n) is 0. The zero-order valence-corrected chi connectivity index (χ0v) is 4.00. The average Bonchev–Trinajstić information content (AvgIpc) is 1.00. The summed E-state index contributed by atoms with van der Waals surface area (Å²) in [4.78, 5) is 0. The Bertz CT molecular complexity index is 8.00. The van der Waals surface area contributed by atoms with Crippen LogP contribution in [0.2, 0.25) is 0 Å². The monoisotopic (exact) mass is 214 g/mol. The molecule has 0 aliphatic rings. The van der Waals surface area contributed by atoms with E-state index in [0.717, 1.165) is 0 Å². The molecule has 0 aromatic heterocycles. The predicted octanol–water partition coefficient (Wildman–Crippen LogP) is -4.20. The van der Waals surface area contributed by atoms with Gasteiger partial charge in [-0.1, -0.05) is 0 Å². The van der Waals surface area contributed by atoms with Crippen molar-refractivity contribution in [1.82, 2.24) is 0 Å². The first-order valence-corrected chi connectivity index (χ1v) is 3.00. The molecule has 4 heteroatoms. The molecule has 0 amide bonds. The summed E-state index contributed by atoms with van der Waals surface area (Å²) in [5.41, 5.74) is 0. The third-order valence-corrected chi connectivity index (χ3v) is 0. The van der Waals surface area contributed by atoms with Crippen molar-refractivity contribution in [3.05, 3.63) is 0 Å². The van der Waals surface area contributed by atoms with Gasteiger partial charge in [0.25, 0.3) is 0 Å². The van der Waals surface area contributed by atoms with E-state index in [1.165, 1.54) is 10.1 Å². The molecule has 0 fully saturated rings. The molecule has 0 saturated carbocycles. The van der Waals surface area contributed by atoms with E-state index in [9.17, 15) is 0 Å². The molecule has 0 unspecified atom stereocenters. The molecule has 0 aromatic rings. The molecule has 0 aliphatic heterocycles. The van der Waals surface area contributed by atoms with Gasteiger partial charge < -0.3 is 0 Å². The predicted molar refractivity (Wildman–Crippen MR) is 37.0 cm³/mol. The van der Waals surface area contributed by atoms with Crippen LogP contribution in [0.25, 0.3) is 0 Å². The van der Waals surface area contributed by atoms with Crippen LogP contribution >= 0.6 is 0 Å². The summed E-state index contributed by atoms with van der Waals surface area (Å²) in [5.74, 6) is 0. The van der Waals surface area contributed by atoms with E-state index < -0.39 is 0 Å². The van der Waals surface area contributed by atoms with Crippen LogP contribution in [0, 0.1) is 0 Å². The van der Waals surface area contributed by atoms with E-state index in [-0.39, 0.29) is 66.2 Å². The number of hydrogen-bond donors (Lipinski definition) is 0. The summed E-state index contributed by atoms with van der Waals surface area (Å²) in [6, 6.07) is 0. The van der Waals surface area contributed by atoms with E-state index in [0.29, 0.717) is 0 Å². The molecule has 0 bridgehead atoms. The third kappa shape index (κ3) is 8.83. The second kappa shape index (κ2) is 18.2. The van der Waals surface area contributed by atoms with Gasteiger partial charge in [-0.15, -0.1) is 0 Å². The van der Waals surface area contributed by atoms with Crippen molar-refractivity contribution < 1.29 is 0 Å². The summed E-state index contributed by atoms with van der Waals surface area (Å²) in [5, 5.41) is 0. The van der Waals surface area contributed by atoms with Crippen molar-refractivity contribution in [3.8, 4) is 0 Å². The Balaban J connectivity index is -0.00000000500. The van der Waals surface area contributed by atoms with Crippen LogP contribution in [0.15, 0.2) is 0 Å². The zero-order valence-electron chi connectivity index (χ0n) is 2.00. The molecule has 0 rings (SSSR count). The molecule has 0 radical (unpaired) electrons. The fourth-order valence-corrected chi connectivity index (χ4v) is 0. The summed E-state index contributed by atoms with van der Waals surface area (Å²) >= 11 is 0. The summed E-state index contributed by atoms with van der Waals surface area (Å²) in [6.07, 6.45) is 0. The van der Waals surface area contributed by atoms with Crippen molar-refractivity contribution in [2.24, 2.45) is 0 Å². The van der Waals surface area contributed by atoms with E-state index in [1.807, 2.05) is 0 Å². The number of rotatable bonds is 0. The first-order chi connectivity index (χ1) is 1.00. The molecule has 0 spiro atoms. The SMILES string of the molecule is B[SiH3].[AlH3].[BaH2]. The molecule has 0 saturated heterocycles. The fraction of sp³-hybridized carbons (Fsp3) is 0.